The van der Waals surface area contributed by atoms with E-state index < -0.39 is 0 Å². The van der Waals surface area contributed by atoms with E-state index >= 15 is 0 Å². The summed E-state index contributed by atoms with van der Waals surface area (Å²) < 4.78 is 5.35. The molecule has 3 heteroatoms. The van der Waals surface area contributed by atoms with Crippen LogP contribution < -0.4 is 10.1 Å². The Hall–Kier alpha value is -1.09. The molecule has 1 atom stereocenters. The molecular weight excluding hydrogens is 188 g/mol. The van der Waals surface area contributed by atoms with Gasteiger partial charge in [-0.1, -0.05) is 6.42 Å². The van der Waals surface area contributed by atoms with E-state index in [2.05, 4.69) is 10.3 Å². The number of pyridine rings is 1. The predicted molar refractivity (Wildman–Crippen MR) is 60.1 cm³/mol. The largest absolute Gasteiger partial charge is 0.495 e. The van der Waals surface area contributed by atoms with Gasteiger partial charge < -0.3 is 10.1 Å². The molecule has 1 aliphatic heterocycles. The topological polar surface area (TPSA) is 34.1 Å². The van der Waals surface area contributed by atoms with Gasteiger partial charge in [0.25, 0.3) is 0 Å². The fourth-order valence-corrected chi connectivity index (χ4v) is 2.07. The Morgan fingerprint density at radius 1 is 1.40 bits per heavy atom. The van der Waals surface area contributed by atoms with Crippen LogP contribution in [0.4, 0.5) is 0 Å². The molecule has 0 saturated carbocycles. The van der Waals surface area contributed by atoms with Gasteiger partial charge in [-0.2, -0.15) is 0 Å². The summed E-state index contributed by atoms with van der Waals surface area (Å²) in [5.41, 5.74) is 2.12. The summed E-state index contributed by atoms with van der Waals surface area (Å²) in [6.07, 6.45) is 3.70. The molecule has 0 spiro atoms. The van der Waals surface area contributed by atoms with Crippen molar-refractivity contribution in [3.05, 3.63) is 23.5 Å². The van der Waals surface area contributed by atoms with Gasteiger partial charge in [-0.15, -0.1) is 0 Å². The molecule has 1 aliphatic rings. The predicted octanol–water partition coefficient (Wildman–Crippen LogP) is 2.21. The van der Waals surface area contributed by atoms with Gasteiger partial charge >= 0.3 is 0 Å². The highest BCUT2D eigenvalue weighted by molar-refractivity contribution is 5.31. The third-order valence-electron chi connectivity index (χ3n) is 2.89. The first kappa shape index (κ1) is 10.4. The SMILES string of the molecule is COc1ccc(C)nc1C1CCCCN1. The zero-order chi connectivity index (χ0) is 10.7. The van der Waals surface area contributed by atoms with E-state index in [1.54, 1.807) is 7.11 Å². The van der Waals surface area contributed by atoms with Crippen molar-refractivity contribution in [3.8, 4) is 5.75 Å². The normalized spacial score (nSPS) is 21.3. The van der Waals surface area contributed by atoms with Crippen LogP contribution in [-0.2, 0) is 0 Å². The molecule has 1 aromatic heterocycles. The van der Waals surface area contributed by atoms with Crippen LogP contribution in [-0.4, -0.2) is 18.6 Å². The minimum absolute atomic E-state index is 0.369. The summed E-state index contributed by atoms with van der Waals surface area (Å²) in [5.74, 6) is 0.903. The van der Waals surface area contributed by atoms with E-state index in [0.29, 0.717) is 6.04 Å². The lowest BCUT2D eigenvalue weighted by Crippen LogP contribution is -2.28. The van der Waals surface area contributed by atoms with Crippen molar-refractivity contribution in [2.45, 2.75) is 32.2 Å². The van der Waals surface area contributed by atoms with E-state index in [1.807, 2.05) is 19.1 Å². The van der Waals surface area contributed by atoms with Crippen LogP contribution in [0, 0.1) is 6.92 Å². The monoisotopic (exact) mass is 206 g/mol. The molecule has 0 aliphatic carbocycles. The number of nitrogens with zero attached hydrogens (tertiary/aromatic N) is 1. The van der Waals surface area contributed by atoms with Gasteiger partial charge in [0, 0.05) is 5.69 Å². The Labute approximate surface area is 90.9 Å². The number of piperidine rings is 1. The lowest BCUT2D eigenvalue weighted by Gasteiger charge is -2.24. The van der Waals surface area contributed by atoms with Gasteiger partial charge in [-0.3, -0.25) is 4.98 Å². The molecule has 0 bridgehead atoms. The van der Waals surface area contributed by atoms with Gasteiger partial charge in [-0.05, 0) is 38.4 Å². The van der Waals surface area contributed by atoms with E-state index in [0.717, 1.165) is 30.1 Å². The standard InChI is InChI=1S/C12H18N2O/c1-9-6-7-11(15-2)12(14-9)10-5-3-4-8-13-10/h6-7,10,13H,3-5,8H2,1-2H3. The number of rotatable bonds is 2. The summed E-state index contributed by atoms with van der Waals surface area (Å²) in [7, 11) is 1.71. The van der Waals surface area contributed by atoms with Crippen molar-refractivity contribution >= 4 is 0 Å². The van der Waals surface area contributed by atoms with E-state index in [4.69, 9.17) is 4.74 Å². The van der Waals surface area contributed by atoms with Crippen molar-refractivity contribution in [1.29, 1.82) is 0 Å². The van der Waals surface area contributed by atoms with Crippen LogP contribution in [0.25, 0.3) is 0 Å². The summed E-state index contributed by atoms with van der Waals surface area (Å²) in [6.45, 7) is 3.11. The van der Waals surface area contributed by atoms with Crippen molar-refractivity contribution in [2.24, 2.45) is 0 Å². The van der Waals surface area contributed by atoms with E-state index in [-0.39, 0.29) is 0 Å². The molecule has 82 valence electrons. The second kappa shape index (κ2) is 4.62. The van der Waals surface area contributed by atoms with Crippen LogP contribution in [0.1, 0.15) is 36.7 Å². The quantitative estimate of drug-likeness (QED) is 0.805. The van der Waals surface area contributed by atoms with Gasteiger partial charge in [-0.25, -0.2) is 0 Å². The smallest absolute Gasteiger partial charge is 0.142 e. The van der Waals surface area contributed by atoms with Crippen molar-refractivity contribution in [2.75, 3.05) is 13.7 Å². The van der Waals surface area contributed by atoms with Gasteiger partial charge in [0.2, 0.25) is 0 Å². The fourth-order valence-electron chi connectivity index (χ4n) is 2.07. The summed E-state index contributed by atoms with van der Waals surface area (Å²) in [4.78, 5) is 4.58. The number of hydrogen-bond acceptors (Lipinski definition) is 3. The molecule has 1 unspecified atom stereocenters. The minimum Gasteiger partial charge on any atom is -0.495 e. The highest BCUT2D eigenvalue weighted by atomic mass is 16.5. The lowest BCUT2D eigenvalue weighted by atomic mass is 10.0. The van der Waals surface area contributed by atoms with E-state index in [1.165, 1.54) is 12.8 Å². The van der Waals surface area contributed by atoms with Gasteiger partial charge in [0.1, 0.15) is 5.75 Å². The number of hydrogen-bond donors (Lipinski definition) is 1. The zero-order valence-corrected chi connectivity index (χ0v) is 9.42. The number of nitrogens with one attached hydrogen (secondary N) is 1. The van der Waals surface area contributed by atoms with Crippen LogP contribution in [0.5, 0.6) is 5.75 Å². The Kier molecular flexibility index (Phi) is 3.21. The highest BCUT2D eigenvalue weighted by Gasteiger charge is 2.19. The molecule has 1 fully saturated rings. The average molecular weight is 206 g/mol. The molecule has 1 saturated heterocycles. The maximum absolute atomic E-state index is 5.35. The van der Waals surface area contributed by atoms with Crippen LogP contribution >= 0.6 is 0 Å². The molecule has 1 N–H and O–H groups in total. The number of aryl methyl sites for hydroxylation is 1. The summed E-state index contributed by atoms with van der Waals surface area (Å²) in [6, 6.07) is 4.37. The number of methoxy groups -OCH3 is 1. The molecule has 3 nitrogen and oxygen atoms in total. The van der Waals surface area contributed by atoms with E-state index in [9.17, 15) is 0 Å². The van der Waals surface area contributed by atoms with Crippen molar-refractivity contribution in [1.82, 2.24) is 10.3 Å². The second-order valence-electron chi connectivity index (χ2n) is 4.04. The van der Waals surface area contributed by atoms with Crippen molar-refractivity contribution < 1.29 is 4.74 Å². The molecule has 0 aromatic carbocycles. The highest BCUT2D eigenvalue weighted by Crippen LogP contribution is 2.28. The first-order chi connectivity index (χ1) is 7.31. The first-order valence-corrected chi connectivity index (χ1v) is 5.56. The maximum Gasteiger partial charge on any atom is 0.142 e. The minimum atomic E-state index is 0.369. The lowest BCUT2D eigenvalue weighted by molar-refractivity contribution is 0.366. The van der Waals surface area contributed by atoms with Gasteiger partial charge in [0.15, 0.2) is 0 Å². The molecule has 2 rings (SSSR count). The molecule has 2 heterocycles. The summed E-state index contributed by atoms with van der Waals surface area (Å²) >= 11 is 0. The van der Waals surface area contributed by atoms with Crippen molar-refractivity contribution in [3.63, 3.8) is 0 Å². The summed E-state index contributed by atoms with van der Waals surface area (Å²) in [5, 5.41) is 3.49. The third kappa shape index (κ3) is 2.29. The third-order valence-corrected chi connectivity index (χ3v) is 2.89. The Balaban J connectivity index is 2.27. The molecule has 1 aromatic rings. The second-order valence-corrected chi connectivity index (χ2v) is 4.04. The first-order valence-electron chi connectivity index (χ1n) is 5.56. The Morgan fingerprint density at radius 2 is 2.27 bits per heavy atom. The fraction of sp³-hybridized carbons (Fsp3) is 0.583. The average Bonchev–Trinajstić information content (AvgIpc) is 2.30. The molecule has 0 radical (unpaired) electrons. The van der Waals surface area contributed by atoms with Crippen LogP contribution in [0.3, 0.4) is 0 Å². The number of ether oxygens (including phenoxy) is 1. The molecule has 0 amide bonds. The van der Waals surface area contributed by atoms with Crippen LogP contribution in [0.15, 0.2) is 12.1 Å². The zero-order valence-electron chi connectivity index (χ0n) is 9.42. The van der Waals surface area contributed by atoms with Crippen LogP contribution in [0.2, 0.25) is 0 Å². The maximum atomic E-state index is 5.35. The molecular formula is C12H18N2O. The Bertz CT molecular complexity index is 332. The molecule has 15 heavy (non-hydrogen) atoms. The Morgan fingerprint density at radius 3 is 2.93 bits per heavy atom. The number of aromatic nitrogens is 1. The van der Waals surface area contributed by atoms with Gasteiger partial charge in [0.05, 0.1) is 18.8 Å².